The lowest BCUT2D eigenvalue weighted by Crippen LogP contribution is -2.42. The minimum atomic E-state index is -3.49. The number of nitrogens with zero attached hydrogens (tertiary/aromatic N) is 1. The molecular formula is C14H17N3O2S. The Morgan fingerprint density at radius 3 is 2.85 bits per heavy atom. The molecule has 1 fully saturated rings. The van der Waals surface area contributed by atoms with Crippen LogP contribution in [0.5, 0.6) is 0 Å². The second-order valence-electron chi connectivity index (χ2n) is 5.30. The van der Waals surface area contributed by atoms with Crippen LogP contribution in [0.25, 0.3) is 10.8 Å². The maximum absolute atomic E-state index is 12.4. The topological polar surface area (TPSA) is 85.1 Å². The van der Waals surface area contributed by atoms with Gasteiger partial charge in [-0.3, -0.25) is 4.98 Å². The van der Waals surface area contributed by atoms with Crippen LogP contribution in [0.15, 0.2) is 41.6 Å². The van der Waals surface area contributed by atoms with Gasteiger partial charge in [-0.1, -0.05) is 12.1 Å². The Hall–Kier alpha value is -1.50. The van der Waals surface area contributed by atoms with Crippen LogP contribution in [0, 0.1) is 5.92 Å². The van der Waals surface area contributed by atoms with Crippen LogP contribution in [0.3, 0.4) is 0 Å². The number of hydrogen-bond acceptors (Lipinski definition) is 4. The minimum absolute atomic E-state index is 0.230. The Morgan fingerprint density at radius 1 is 1.30 bits per heavy atom. The molecule has 1 saturated carbocycles. The number of nitrogens with two attached hydrogens (primary N) is 1. The first kappa shape index (κ1) is 13.5. The van der Waals surface area contributed by atoms with E-state index < -0.39 is 10.0 Å². The molecule has 1 aliphatic carbocycles. The first-order valence-electron chi connectivity index (χ1n) is 6.64. The lowest BCUT2D eigenvalue weighted by Gasteiger charge is -2.32. The van der Waals surface area contributed by atoms with Crippen molar-refractivity contribution in [2.24, 2.45) is 11.7 Å². The fourth-order valence-corrected chi connectivity index (χ4v) is 3.93. The zero-order valence-electron chi connectivity index (χ0n) is 11.0. The fraction of sp³-hybridized carbons (Fsp3) is 0.357. The fourth-order valence-electron chi connectivity index (χ4n) is 2.59. The van der Waals surface area contributed by atoms with Gasteiger partial charge in [0.25, 0.3) is 0 Å². The number of aromatic nitrogens is 1. The summed E-state index contributed by atoms with van der Waals surface area (Å²) in [5, 5.41) is 1.52. The molecule has 0 unspecified atom stereocenters. The SMILES string of the molecule is NC1CC(CNS(=O)(=O)c2cccc3cnccc23)C1. The summed E-state index contributed by atoms with van der Waals surface area (Å²) in [4.78, 5) is 4.32. The Balaban J connectivity index is 1.85. The number of hydrogen-bond donors (Lipinski definition) is 2. The molecule has 1 heterocycles. The molecule has 3 rings (SSSR count). The molecule has 20 heavy (non-hydrogen) atoms. The van der Waals surface area contributed by atoms with Crippen molar-refractivity contribution in [2.75, 3.05) is 6.54 Å². The predicted molar refractivity (Wildman–Crippen MR) is 77.6 cm³/mol. The molecule has 0 atom stereocenters. The third kappa shape index (κ3) is 2.54. The molecule has 0 saturated heterocycles. The van der Waals surface area contributed by atoms with E-state index >= 15 is 0 Å². The second-order valence-corrected chi connectivity index (χ2v) is 7.04. The first-order chi connectivity index (χ1) is 9.56. The third-order valence-corrected chi connectivity index (χ3v) is 5.25. The van der Waals surface area contributed by atoms with E-state index in [2.05, 4.69) is 9.71 Å². The van der Waals surface area contributed by atoms with Crippen molar-refractivity contribution in [3.63, 3.8) is 0 Å². The number of benzene rings is 1. The van der Waals surface area contributed by atoms with E-state index in [-0.39, 0.29) is 6.04 Å². The molecular weight excluding hydrogens is 274 g/mol. The Labute approximate surface area is 118 Å². The summed E-state index contributed by atoms with van der Waals surface area (Å²) in [5.74, 6) is 0.358. The molecule has 0 aliphatic heterocycles. The average molecular weight is 291 g/mol. The molecule has 6 heteroatoms. The van der Waals surface area contributed by atoms with Gasteiger partial charge in [0.1, 0.15) is 0 Å². The lowest BCUT2D eigenvalue weighted by molar-refractivity contribution is 0.267. The molecule has 3 N–H and O–H groups in total. The van der Waals surface area contributed by atoms with E-state index in [4.69, 9.17) is 5.73 Å². The summed E-state index contributed by atoms with van der Waals surface area (Å²) in [7, 11) is -3.49. The Bertz CT molecular complexity index is 719. The number of nitrogens with one attached hydrogen (secondary N) is 1. The summed E-state index contributed by atoms with van der Waals surface area (Å²) < 4.78 is 27.5. The number of sulfonamides is 1. The van der Waals surface area contributed by atoms with Gasteiger partial charge in [-0.2, -0.15) is 0 Å². The van der Waals surface area contributed by atoms with Crippen LogP contribution in [0.1, 0.15) is 12.8 Å². The van der Waals surface area contributed by atoms with Gasteiger partial charge in [-0.25, -0.2) is 13.1 Å². The first-order valence-corrected chi connectivity index (χ1v) is 8.12. The van der Waals surface area contributed by atoms with E-state index in [1.165, 1.54) is 0 Å². The Kier molecular flexibility index (Phi) is 3.45. The quantitative estimate of drug-likeness (QED) is 0.888. The van der Waals surface area contributed by atoms with Gasteiger partial charge >= 0.3 is 0 Å². The normalized spacial score (nSPS) is 22.6. The zero-order chi connectivity index (χ0) is 14.2. The predicted octanol–water partition coefficient (Wildman–Crippen LogP) is 1.25. The minimum Gasteiger partial charge on any atom is -0.328 e. The number of pyridine rings is 1. The third-order valence-electron chi connectivity index (χ3n) is 3.76. The van der Waals surface area contributed by atoms with Crippen molar-refractivity contribution >= 4 is 20.8 Å². The number of rotatable bonds is 4. The number of fused-ring (bicyclic) bond motifs is 1. The van der Waals surface area contributed by atoms with Gasteiger partial charge in [-0.05, 0) is 30.9 Å². The molecule has 106 valence electrons. The van der Waals surface area contributed by atoms with Gasteiger partial charge in [0.05, 0.1) is 4.90 Å². The van der Waals surface area contributed by atoms with Gasteiger partial charge in [-0.15, -0.1) is 0 Å². The highest BCUT2D eigenvalue weighted by Gasteiger charge is 2.27. The highest BCUT2D eigenvalue weighted by Crippen LogP contribution is 2.26. The monoisotopic (exact) mass is 291 g/mol. The van der Waals surface area contributed by atoms with E-state index in [0.717, 1.165) is 18.2 Å². The zero-order valence-corrected chi connectivity index (χ0v) is 11.8. The summed E-state index contributed by atoms with van der Waals surface area (Å²) in [5.41, 5.74) is 5.71. The van der Waals surface area contributed by atoms with Crippen LogP contribution in [-0.4, -0.2) is 26.0 Å². The smallest absolute Gasteiger partial charge is 0.241 e. The molecule has 0 spiro atoms. The molecule has 1 aromatic heterocycles. The highest BCUT2D eigenvalue weighted by molar-refractivity contribution is 7.89. The maximum atomic E-state index is 12.4. The van der Waals surface area contributed by atoms with Gasteiger partial charge in [0.15, 0.2) is 0 Å². The lowest BCUT2D eigenvalue weighted by atomic mass is 9.81. The van der Waals surface area contributed by atoms with Crippen LogP contribution >= 0.6 is 0 Å². The van der Waals surface area contributed by atoms with Crippen LogP contribution in [0.2, 0.25) is 0 Å². The van der Waals surface area contributed by atoms with E-state index in [1.807, 2.05) is 6.07 Å². The molecule has 0 amide bonds. The van der Waals surface area contributed by atoms with Crippen LogP contribution in [-0.2, 0) is 10.0 Å². The molecule has 0 radical (unpaired) electrons. The van der Waals surface area contributed by atoms with E-state index in [1.54, 1.807) is 30.6 Å². The van der Waals surface area contributed by atoms with Crippen molar-refractivity contribution < 1.29 is 8.42 Å². The van der Waals surface area contributed by atoms with Crippen LogP contribution in [0.4, 0.5) is 0 Å². The van der Waals surface area contributed by atoms with Crippen molar-refractivity contribution in [3.8, 4) is 0 Å². The molecule has 2 aromatic rings. The van der Waals surface area contributed by atoms with Gasteiger partial charge in [0.2, 0.25) is 10.0 Å². The summed E-state index contributed by atoms with van der Waals surface area (Å²) >= 11 is 0. The standard InChI is InChI=1S/C14H17N3O2S/c15-12-6-10(7-12)8-17-20(18,19)14-3-1-2-11-9-16-5-4-13(11)14/h1-5,9-10,12,17H,6-8,15H2. The van der Waals surface area contributed by atoms with E-state index in [9.17, 15) is 8.42 Å². The summed E-state index contributed by atoms with van der Waals surface area (Å²) in [6.07, 6.45) is 5.05. The maximum Gasteiger partial charge on any atom is 0.241 e. The molecule has 0 bridgehead atoms. The Morgan fingerprint density at radius 2 is 2.10 bits per heavy atom. The van der Waals surface area contributed by atoms with Crippen molar-refractivity contribution in [1.82, 2.24) is 9.71 Å². The largest absolute Gasteiger partial charge is 0.328 e. The summed E-state index contributed by atoms with van der Waals surface area (Å²) in [6, 6.07) is 7.16. The van der Waals surface area contributed by atoms with Crippen LogP contribution < -0.4 is 10.5 Å². The van der Waals surface area contributed by atoms with Gasteiger partial charge < -0.3 is 5.73 Å². The molecule has 5 nitrogen and oxygen atoms in total. The molecule has 1 aromatic carbocycles. The summed E-state index contributed by atoms with van der Waals surface area (Å²) in [6.45, 7) is 0.456. The van der Waals surface area contributed by atoms with Gasteiger partial charge in [0, 0.05) is 35.8 Å². The van der Waals surface area contributed by atoms with Crippen molar-refractivity contribution in [1.29, 1.82) is 0 Å². The van der Waals surface area contributed by atoms with Crippen molar-refractivity contribution in [2.45, 2.75) is 23.8 Å². The highest BCUT2D eigenvalue weighted by atomic mass is 32.2. The van der Waals surface area contributed by atoms with Crippen molar-refractivity contribution in [3.05, 3.63) is 36.7 Å². The average Bonchev–Trinajstić information content (AvgIpc) is 2.42. The second kappa shape index (κ2) is 5.12. The molecule has 1 aliphatic rings. The van der Waals surface area contributed by atoms with E-state index in [0.29, 0.717) is 22.7 Å².